The van der Waals surface area contributed by atoms with Crippen molar-refractivity contribution < 1.29 is 9.13 Å². The average molecular weight is 322 g/mol. The fourth-order valence-corrected chi connectivity index (χ4v) is 2.96. The van der Waals surface area contributed by atoms with Gasteiger partial charge in [-0.2, -0.15) is 0 Å². The van der Waals surface area contributed by atoms with Crippen LogP contribution in [-0.4, -0.2) is 27.0 Å². The lowest BCUT2D eigenvalue weighted by Gasteiger charge is -2.08. The monoisotopic (exact) mass is 322 g/mol. The van der Waals surface area contributed by atoms with Crippen molar-refractivity contribution in [3.8, 4) is 17.4 Å². The highest BCUT2D eigenvalue weighted by molar-refractivity contribution is 5.45. The average Bonchev–Trinajstić information content (AvgIpc) is 3.43. The Hall–Kier alpha value is -2.89. The van der Waals surface area contributed by atoms with Gasteiger partial charge in [0.2, 0.25) is 0 Å². The van der Waals surface area contributed by atoms with E-state index >= 15 is 0 Å². The molecule has 1 aliphatic carbocycles. The second-order valence-corrected chi connectivity index (χ2v) is 5.75. The number of aromatic nitrogens is 4. The number of ether oxygens (including phenoxy) is 1. The molecule has 120 valence electrons. The van der Waals surface area contributed by atoms with Gasteiger partial charge < -0.3 is 4.74 Å². The van der Waals surface area contributed by atoms with Crippen molar-refractivity contribution in [1.29, 1.82) is 0 Å². The van der Waals surface area contributed by atoms with E-state index in [1.54, 1.807) is 31.6 Å². The third-order valence-corrected chi connectivity index (χ3v) is 4.25. The second-order valence-electron chi connectivity index (χ2n) is 5.75. The predicted molar refractivity (Wildman–Crippen MR) is 86.1 cm³/mol. The first-order valence-electron chi connectivity index (χ1n) is 7.69. The minimum atomic E-state index is -0.289. The number of benzene rings is 1. The minimum absolute atomic E-state index is 0.289. The van der Waals surface area contributed by atoms with Gasteiger partial charge in [0.05, 0.1) is 7.11 Å². The molecule has 3 aromatic rings. The Morgan fingerprint density at radius 2 is 1.71 bits per heavy atom. The van der Waals surface area contributed by atoms with E-state index in [1.807, 2.05) is 12.4 Å². The molecule has 0 amide bonds. The van der Waals surface area contributed by atoms with Crippen molar-refractivity contribution in [2.24, 2.45) is 0 Å². The maximum Gasteiger partial charge on any atom is 0.197 e. The molecule has 0 saturated heterocycles. The number of rotatable bonds is 4. The van der Waals surface area contributed by atoms with Gasteiger partial charge in [-0.1, -0.05) is 6.07 Å². The molecule has 1 saturated carbocycles. The number of nitrogens with zero attached hydrogens (tertiary/aromatic N) is 4. The van der Waals surface area contributed by atoms with Crippen molar-refractivity contribution in [2.75, 3.05) is 7.11 Å². The van der Waals surface area contributed by atoms with Crippen molar-refractivity contribution in [2.45, 2.75) is 18.3 Å². The van der Waals surface area contributed by atoms with Crippen LogP contribution in [0.15, 0.2) is 49.1 Å². The molecule has 2 aromatic heterocycles. The minimum Gasteiger partial charge on any atom is -0.496 e. The van der Waals surface area contributed by atoms with E-state index in [-0.39, 0.29) is 5.82 Å². The van der Waals surface area contributed by atoms with Crippen LogP contribution in [0.3, 0.4) is 0 Å². The molecule has 0 spiro atoms. The largest absolute Gasteiger partial charge is 0.496 e. The molecule has 5 nitrogen and oxygen atoms in total. The number of methoxy groups -OCH3 is 1. The molecule has 1 aromatic carbocycles. The van der Waals surface area contributed by atoms with Gasteiger partial charge in [-0.25, -0.2) is 24.3 Å². The van der Waals surface area contributed by atoms with Crippen molar-refractivity contribution in [1.82, 2.24) is 19.9 Å². The molecule has 6 heteroatoms. The molecule has 0 bridgehead atoms. The van der Waals surface area contributed by atoms with E-state index in [9.17, 15) is 4.39 Å². The third-order valence-electron chi connectivity index (χ3n) is 4.25. The summed E-state index contributed by atoms with van der Waals surface area (Å²) in [6, 6.07) is 6.45. The van der Waals surface area contributed by atoms with Gasteiger partial charge in [0.15, 0.2) is 11.6 Å². The first-order valence-corrected chi connectivity index (χ1v) is 7.69. The number of halogens is 1. The summed E-state index contributed by atoms with van der Waals surface area (Å²) in [5.41, 5.74) is 2.09. The molecule has 24 heavy (non-hydrogen) atoms. The van der Waals surface area contributed by atoms with Crippen LogP contribution in [-0.2, 0) is 0 Å². The second kappa shape index (κ2) is 5.96. The van der Waals surface area contributed by atoms with E-state index in [4.69, 9.17) is 4.74 Å². The molecule has 2 atom stereocenters. The molecular weight excluding hydrogens is 307 g/mol. The number of hydrogen-bond donors (Lipinski definition) is 0. The molecule has 0 N–H and O–H groups in total. The first kappa shape index (κ1) is 14.7. The van der Waals surface area contributed by atoms with Gasteiger partial charge in [0.25, 0.3) is 0 Å². The predicted octanol–water partition coefficient (Wildman–Crippen LogP) is 3.35. The maximum atomic E-state index is 13.3. The van der Waals surface area contributed by atoms with Crippen LogP contribution in [0.1, 0.15) is 29.4 Å². The Labute approximate surface area is 138 Å². The molecule has 2 heterocycles. The summed E-state index contributed by atoms with van der Waals surface area (Å²) in [6.07, 6.45) is 7.94. The Morgan fingerprint density at radius 1 is 1.00 bits per heavy atom. The van der Waals surface area contributed by atoms with E-state index < -0.39 is 0 Å². The van der Waals surface area contributed by atoms with Crippen LogP contribution in [0.5, 0.6) is 5.75 Å². The highest BCUT2D eigenvalue weighted by Crippen LogP contribution is 2.56. The molecule has 0 radical (unpaired) electrons. The van der Waals surface area contributed by atoms with E-state index in [2.05, 4.69) is 19.9 Å². The zero-order valence-corrected chi connectivity index (χ0v) is 13.1. The van der Waals surface area contributed by atoms with Crippen LogP contribution >= 0.6 is 0 Å². The normalized spacial score (nSPS) is 19.1. The zero-order valence-electron chi connectivity index (χ0n) is 13.1. The summed E-state index contributed by atoms with van der Waals surface area (Å²) in [4.78, 5) is 17.0. The van der Waals surface area contributed by atoms with E-state index in [0.717, 1.165) is 17.5 Å². The smallest absolute Gasteiger partial charge is 0.197 e. The standard InChI is InChI=1S/C18H15FN4O/c1-24-16-7-12(19)3-4-13(16)15-8-14(15)11-9-22-18(23-10-11)17-20-5-2-6-21-17/h2-7,9-10,14-15H,8H2,1H3. The molecular formula is C18H15FN4O. The lowest BCUT2D eigenvalue weighted by molar-refractivity contribution is 0.406. The lowest BCUT2D eigenvalue weighted by atomic mass is 10.1. The Kier molecular flexibility index (Phi) is 3.65. The van der Waals surface area contributed by atoms with Gasteiger partial charge >= 0.3 is 0 Å². The van der Waals surface area contributed by atoms with Crippen molar-refractivity contribution in [3.63, 3.8) is 0 Å². The lowest BCUT2D eigenvalue weighted by Crippen LogP contribution is -1.96. The Balaban J connectivity index is 1.55. The van der Waals surface area contributed by atoms with Crippen LogP contribution in [0.25, 0.3) is 11.6 Å². The van der Waals surface area contributed by atoms with Gasteiger partial charge in [-0.3, -0.25) is 0 Å². The van der Waals surface area contributed by atoms with Gasteiger partial charge in [0.1, 0.15) is 11.6 Å². The SMILES string of the molecule is COc1cc(F)ccc1C1CC1c1cnc(-c2ncccn2)nc1. The van der Waals surface area contributed by atoms with Gasteiger partial charge in [-0.05, 0) is 41.5 Å². The maximum absolute atomic E-state index is 13.3. The van der Waals surface area contributed by atoms with Crippen LogP contribution in [0.4, 0.5) is 4.39 Å². The summed E-state index contributed by atoms with van der Waals surface area (Å²) in [5.74, 6) is 1.96. The molecule has 4 rings (SSSR count). The highest BCUT2D eigenvalue weighted by atomic mass is 19.1. The highest BCUT2D eigenvalue weighted by Gasteiger charge is 2.41. The van der Waals surface area contributed by atoms with Crippen LogP contribution in [0, 0.1) is 5.82 Å². The first-order chi connectivity index (χ1) is 11.8. The van der Waals surface area contributed by atoms with E-state index in [1.165, 1.54) is 12.1 Å². The topological polar surface area (TPSA) is 60.8 Å². The van der Waals surface area contributed by atoms with Crippen molar-refractivity contribution >= 4 is 0 Å². The quantitative estimate of drug-likeness (QED) is 0.737. The summed E-state index contributed by atoms with van der Waals surface area (Å²) < 4.78 is 18.6. The summed E-state index contributed by atoms with van der Waals surface area (Å²) in [5, 5.41) is 0. The Bertz CT molecular complexity index is 855. The molecule has 1 fully saturated rings. The van der Waals surface area contributed by atoms with Crippen molar-refractivity contribution in [3.05, 3.63) is 66.0 Å². The molecule has 0 aliphatic heterocycles. The zero-order chi connectivity index (χ0) is 16.5. The fourth-order valence-electron chi connectivity index (χ4n) is 2.96. The summed E-state index contributed by atoms with van der Waals surface area (Å²) in [6.45, 7) is 0. The third kappa shape index (κ3) is 2.71. The Morgan fingerprint density at radius 3 is 2.42 bits per heavy atom. The van der Waals surface area contributed by atoms with Gasteiger partial charge in [0, 0.05) is 30.9 Å². The summed E-state index contributed by atoms with van der Waals surface area (Å²) in [7, 11) is 1.56. The van der Waals surface area contributed by atoms with Crippen LogP contribution in [0.2, 0.25) is 0 Å². The molecule has 2 unspecified atom stereocenters. The fraction of sp³-hybridized carbons (Fsp3) is 0.222. The molecule has 1 aliphatic rings. The van der Waals surface area contributed by atoms with E-state index in [0.29, 0.717) is 29.2 Å². The van der Waals surface area contributed by atoms with Crippen LogP contribution < -0.4 is 4.74 Å². The van der Waals surface area contributed by atoms with Gasteiger partial charge in [-0.15, -0.1) is 0 Å². The number of hydrogen-bond acceptors (Lipinski definition) is 5. The summed E-state index contributed by atoms with van der Waals surface area (Å²) >= 11 is 0.